The van der Waals surface area contributed by atoms with Gasteiger partial charge in [-0.3, -0.25) is 4.79 Å². The van der Waals surface area contributed by atoms with Crippen molar-refractivity contribution in [1.29, 1.82) is 0 Å². The van der Waals surface area contributed by atoms with Gasteiger partial charge in [0, 0.05) is 28.7 Å². The van der Waals surface area contributed by atoms with Gasteiger partial charge in [-0.05, 0) is 47.9 Å². The van der Waals surface area contributed by atoms with Crippen LogP contribution < -0.4 is 10.1 Å². The number of benzene rings is 3. The molecule has 1 amide bonds. The number of rotatable bonds is 8. The molecule has 0 aliphatic carbocycles. The molecule has 0 spiro atoms. The number of nitrogens with zero attached hydrogens (tertiary/aromatic N) is 1. The lowest BCUT2D eigenvalue weighted by atomic mass is 9.99. The fraction of sp³-hybridized carbons (Fsp3) is 0.320. The Hall–Kier alpha value is -2.32. The molecule has 0 saturated carbocycles. The van der Waals surface area contributed by atoms with Crippen molar-refractivity contribution in [3.63, 3.8) is 0 Å². The number of halogens is 2. The number of fused-ring (bicyclic) bond motifs is 1. The molecule has 1 unspecified atom stereocenters. The number of carbonyl (C=O) groups is 1. The maximum Gasteiger partial charge on any atom is 0.224 e. The van der Waals surface area contributed by atoms with Gasteiger partial charge in [-0.25, -0.2) is 12.7 Å². The van der Waals surface area contributed by atoms with Crippen molar-refractivity contribution < 1.29 is 17.9 Å². The summed E-state index contributed by atoms with van der Waals surface area (Å²) in [5.41, 5.74) is 0.378. The maximum absolute atomic E-state index is 13.0. The second-order valence-electron chi connectivity index (χ2n) is 8.30. The van der Waals surface area contributed by atoms with Crippen LogP contribution in [0.15, 0.2) is 60.7 Å². The molecule has 1 fully saturated rings. The third-order valence-corrected chi connectivity index (χ3v) is 8.41. The van der Waals surface area contributed by atoms with E-state index in [1.807, 2.05) is 42.5 Å². The summed E-state index contributed by atoms with van der Waals surface area (Å²) in [6, 6.07) is 18.8. The Morgan fingerprint density at radius 3 is 2.53 bits per heavy atom. The highest BCUT2D eigenvalue weighted by molar-refractivity contribution is 7.88. The Labute approximate surface area is 209 Å². The summed E-state index contributed by atoms with van der Waals surface area (Å²) >= 11 is 12.3. The fourth-order valence-corrected chi connectivity index (χ4v) is 6.46. The molecular formula is C25H26Cl2N2O4S. The first-order valence-corrected chi connectivity index (χ1v) is 13.5. The zero-order valence-corrected chi connectivity index (χ0v) is 20.9. The Morgan fingerprint density at radius 2 is 1.76 bits per heavy atom. The molecule has 1 saturated heterocycles. The van der Waals surface area contributed by atoms with E-state index in [0.29, 0.717) is 48.1 Å². The molecule has 1 aliphatic heterocycles. The fourth-order valence-electron chi connectivity index (χ4n) is 4.10. The van der Waals surface area contributed by atoms with Gasteiger partial charge in [0.25, 0.3) is 0 Å². The first-order chi connectivity index (χ1) is 16.3. The molecule has 6 nitrogen and oxygen atoms in total. The summed E-state index contributed by atoms with van der Waals surface area (Å²) in [7, 11) is -3.67. The number of amides is 1. The van der Waals surface area contributed by atoms with Crippen molar-refractivity contribution in [2.24, 2.45) is 5.92 Å². The van der Waals surface area contributed by atoms with Gasteiger partial charge in [0.1, 0.15) is 12.4 Å². The van der Waals surface area contributed by atoms with E-state index in [9.17, 15) is 13.2 Å². The van der Waals surface area contributed by atoms with E-state index in [1.54, 1.807) is 18.2 Å². The Balaban J connectivity index is 1.28. The van der Waals surface area contributed by atoms with E-state index in [1.165, 1.54) is 4.31 Å². The number of ether oxygens (including phenoxy) is 1. The largest absolute Gasteiger partial charge is 0.492 e. The van der Waals surface area contributed by atoms with Gasteiger partial charge in [-0.2, -0.15) is 0 Å². The van der Waals surface area contributed by atoms with Crippen LogP contribution in [0.2, 0.25) is 10.0 Å². The minimum atomic E-state index is -3.67. The quantitative estimate of drug-likeness (QED) is 0.429. The first kappa shape index (κ1) is 24.8. The molecule has 0 radical (unpaired) electrons. The minimum Gasteiger partial charge on any atom is -0.492 e. The Morgan fingerprint density at radius 1 is 1.03 bits per heavy atom. The van der Waals surface area contributed by atoms with Gasteiger partial charge < -0.3 is 10.1 Å². The summed E-state index contributed by atoms with van der Waals surface area (Å²) in [6.45, 7) is 1.18. The van der Waals surface area contributed by atoms with Crippen LogP contribution in [0.25, 0.3) is 10.8 Å². The average Bonchev–Trinajstić information content (AvgIpc) is 2.84. The van der Waals surface area contributed by atoms with E-state index in [0.717, 1.165) is 16.5 Å². The first-order valence-electron chi connectivity index (χ1n) is 11.1. The third-order valence-electron chi connectivity index (χ3n) is 5.93. The van der Waals surface area contributed by atoms with Crippen LogP contribution in [0.4, 0.5) is 0 Å². The number of nitrogens with one attached hydrogen (secondary N) is 1. The molecule has 180 valence electrons. The summed E-state index contributed by atoms with van der Waals surface area (Å²) in [5, 5.41) is 5.72. The number of carbonyl (C=O) groups excluding carboxylic acids is 1. The van der Waals surface area contributed by atoms with Crippen molar-refractivity contribution in [2.45, 2.75) is 18.6 Å². The zero-order valence-electron chi connectivity index (χ0n) is 18.5. The second-order valence-corrected chi connectivity index (χ2v) is 11.1. The van der Waals surface area contributed by atoms with Crippen LogP contribution in [-0.2, 0) is 20.6 Å². The predicted octanol–water partition coefficient (Wildman–Crippen LogP) is 4.88. The normalized spacial score (nSPS) is 16.9. The van der Waals surface area contributed by atoms with E-state index in [4.69, 9.17) is 27.9 Å². The molecule has 0 aromatic heterocycles. The number of hydrogen-bond donors (Lipinski definition) is 1. The molecule has 1 N–H and O–H groups in total. The smallest absolute Gasteiger partial charge is 0.224 e. The molecular weight excluding hydrogens is 495 g/mol. The standard InChI is InChI=1S/C25H26Cl2N2O4S/c26-23-8-3-9-24(27)22(23)17-34(31,32)29-13-4-7-20(16-29)25(30)28-12-14-33-21-11-10-18-5-1-2-6-19(18)15-21/h1-3,5-6,8-11,15,20H,4,7,12-14,16-17H2,(H,28,30). The second kappa shape index (κ2) is 11.0. The SMILES string of the molecule is O=C(NCCOc1ccc2ccccc2c1)C1CCCN(S(=O)(=O)Cc2c(Cl)cccc2Cl)C1. The van der Waals surface area contributed by atoms with Crippen LogP contribution in [0.3, 0.4) is 0 Å². The maximum atomic E-state index is 13.0. The van der Waals surface area contributed by atoms with E-state index >= 15 is 0 Å². The van der Waals surface area contributed by atoms with Crippen molar-refractivity contribution >= 4 is 49.9 Å². The lowest BCUT2D eigenvalue weighted by molar-refractivity contribution is -0.126. The van der Waals surface area contributed by atoms with E-state index < -0.39 is 15.9 Å². The lowest BCUT2D eigenvalue weighted by Gasteiger charge is -2.31. The highest BCUT2D eigenvalue weighted by Gasteiger charge is 2.33. The highest BCUT2D eigenvalue weighted by atomic mass is 35.5. The minimum absolute atomic E-state index is 0.141. The number of hydrogen-bond acceptors (Lipinski definition) is 4. The van der Waals surface area contributed by atoms with Gasteiger partial charge in [0.05, 0.1) is 18.2 Å². The molecule has 1 atom stereocenters. The van der Waals surface area contributed by atoms with Crippen LogP contribution in [0.1, 0.15) is 18.4 Å². The number of sulfonamides is 1. The van der Waals surface area contributed by atoms with E-state index in [2.05, 4.69) is 5.32 Å². The predicted molar refractivity (Wildman–Crippen MR) is 136 cm³/mol. The van der Waals surface area contributed by atoms with Gasteiger partial charge in [0.15, 0.2) is 0 Å². The molecule has 1 heterocycles. The monoisotopic (exact) mass is 520 g/mol. The van der Waals surface area contributed by atoms with E-state index in [-0.39, 0.29) is 18.2 Å². The average molecular weight is 521 g/mol. The van der Waals surface area contributed by atoms with Crippen molar-refractivity contribution in [3.05, 3.63) is 76.3 Å². The molecule has 4 rings (SSSR count). The summed E-state index contributed by atoms with van der Waals surface area (Å²) < 4.78 is 33.1. The van der Waals surface area contributed by atoms with Gasteiger partial charge in [0.2, 0.25) is 15.9 Å². The Bertz CT molecular complexity index is 1260. The van der Waals surface area contributed by atoms with Gasteiger partial charge in [-0.1, -0.05) is 59.6 Å². The third kappa shape index (κ3) is 6.02. The number of piperidine rings is 1. The topological polar surface area (TPSA) is 75.7 Å². The van der Waals surface area contributed by atoms with Crippen LogP contribution in [0, 0.1) is 5.92 Å². The zero-order chi connectivity index (χ0) is 24.1. The lowest BCUT2D eigenvalue weighted by Crippen LogP contribution is -2.46. The van der Waals surface area contributed by atoms with Gasteiger partial charge in [-0.15, -0.1) is 0 Å². The highest BCUT2D eigenvalue weighted by Crippen LogP contribution is 2.29. The molecule has 3 aromatic rings. The van der Waals surface area contributed by atoms with Crippen molar-refractivity contribution in [1.82, 2.24) is 9.62 Å². The summed E-state index contributed by atoms with van der Waals surface area (Å²) in [4.78, 5) is 12.7. The molecule has 1 aliphatic rings. The van der Waals surface area contributed by atoms with Crippen LogP contribution in [-0.4, -0.2) is 44.9 Å². The molecule has 34 heavy (non-hydrogen) atoms. The van der Waals surface area contributed by atoms with Crippen LogP contribution in [0.5, 0.6) is 5.75 Å². The van der Waals surface area contributed by atoms with Crippen LogP contribution >= 0.6 is 23.2 Å². The Kier molecular flexibility index (Phi) is 7.99. The van der Waals surface area contributed by atoms with Crippen molar-refractivity contribution in [2.75, 3.05) is 26.2 Å². The summed E-state index contributed by atoms with van der Waals surface area (Å²) in [6.07, 6.45) is 1.25. The summed E-state index contributed by atoms with van der Waals surface area (Å²) in [5.74, 6) is -0.135. The van der Waals surface area contributed by atoms with Gasteiger partial charge >= 0.3 is 0 Å². The molecule has 0 bridgehead atoms. The van der Waals surface area contributed by atoms with Crippen molar-refractivity contribution in [3.8, 4) is 5.75 Å². The molecule has 3 aromatic carbocycles. The molecule has 9 heteroatoms.